The van der Waals surface area contributed by atoms with Gasteiger partial charge in [-0.3, -0.25) is 0 Å². The average molecular weight is 286 g/mol. The lowest BCUT2D eigenvalue weighted by molar-refractivity contribution is 0.0472. The van der Waals surface area contributed by atoms with Crippen molar-refractivity contribution < 1.29 is 10.2 Å². The first-order valence-corrected chi connectivity index (χ1v) is 7.49. The van der Waals surface area contributed by atoms with E-state index < -0.39 is 12.2 Å². The van der Waals surface area contributed by atoms with Gasteiger partial charge in [-0.1, -0.05) is 54.6 Å². The zero-order chi connectivity index (χ0) is 14.8. The molecular formula is C20H14O2. The molecule has 4 aromatic rings. The van der Waals surface area contributed by atoms with Crippen LogP contribution in [0, 0.1) is 0 Å². The Labute approximate surface area is 127 Å². The standard InChI is InChI=1S/C20H14O2/c21-17-9-8-14-15-7-6-12-3-1-2-11-4-5-13(19(15)18(11)12)10-16(14)20(17)22/h1-10,17,20-22H/t17-,20?/m0/s1. The minimum absolute atomic E-state index is 0.806. The zero-order valence-corrected chi connectivity index (χ0v) is 11.8. The number of hydrogen-bond acceptors (Lipinski definition) is 2. The quantitative estimate of drug-likeness (QED) is 0.480. The molecule has 2 N–H and O–H groups in total. The molecule has 2 heteroatoms. The lowest BCUT2D eigenvalue weighted by Crippen LogP contribution is -2.19. The summed E-state index contributed by atoms with van der Waals surface area (Å²) < 4.78 is 0. The molecule has 2 nitrogen and oxygen atoms in total. The normalized spacial score (nSPS) is 21.0. The minimum Gasteiger partial charge on any atom is -0.386 e. The first kappa shape index (κ1) is 12.2. The van der Waals surface area contributed by atoms with Gasteiger partial charge in [0.1, 0.15) is 12.2 Å². The molecule has 1 aliphatic rings. The molecule has 0 aromatic heterocycles. The Balaban J connectivity index is 2.05. The molecule has 0 aliphatic heterocycles. The fourth-order valence-corrected chi connectivity index (χ4v) is 3.77. The Morgan fingerprint density at radius 3 is 2.32 bits per heavy atom. The highest BCUT2D eigenvalue weighted by Gasteiger charge is 2.25. The van der Waals surface area contributed by atoms with E-state index in [-0.39, 0.29) is 0 Å². The van der Waals surface area contributed by atoms with E-state index in [0.717, 1.165) is 21.9 Å². The third-order valence-electron chi connectivity index (χ3n) is 4.82. The second-order valence-electron chi connectivity index (χ2n) is 6.03. The van der Waals surface area contributed by atoms with Gasteiger partial charge in [-0.05, 0) is 49.5 Å². The number of fused-ring (bicyclic) bond motifs is 2. The molecule has 0 saturated carbocycles. The van der Waals surface area contributed by atoms with Gasteiger partial charge in [0.05, 0.1) is 0 Å². The number of rotatable bonds is 0. The van der Waals surface area contributed by atoms with Crippen LogP contribution < -0.4 is 0 Å². The summed E-state index contributed by atoms with van der Waals surface area (Å²) in [6, 6.07) is 16.8. The van der Waals surface area contributed by atoms with E-state index >= 15 is 0 Å². The summed E-state index contributed by atoms with van der Waals surface area (Å²) >= 11 is 0. The van der Waals surface area contributed by atoms with Gasteiger partial charge in [0.2, 0.25) is 0 Å². The summed E-state index contributed by atoms with van der Waals surface area (Å²) in [5, 5.41) is 27.4. The van der Waals surface area contributed by atoms with Crippen LogP contribution in [0.3, 0.4) is 0 Å². The monoisotopic (exact) mass is 286 g/mol. The van der Waals surface area contributed by atoms with E-state index in [9.17, 15) is 10.2 Å². The third kappa shape index (κ3) is 1.41. The van der Waals surface area contributed by atoms with Crippen molar-refractivity contribution >= 4 is 38.4 Å². The highest BCUT2D eigenvalue weighted by atomic mass is 16.3. The fourth-order valence-electron chi connectivity index (χ4n) is 3.77. The van der Waals surface area contributed by atoms with E-state index in [1.54, 1.807) is 6.08 Å². The third-order valence-corrected chi connectivity index (χ3v) is 4.82. The molecule has 0 radical (unpaired) electrons. The first-order valence-electron chi connectivity index (χ1n) is 7.49. The van der Waals surface area contributed by atoms with Gasteiger partial charge in [0.15, 0.2) is 0 Å². The van der Waals surface area contributed by atoms with E-state index in [1.165, 1.54) is 21.5 Å². The zero-order valence-electron chi connectivity index (χ0n) is 11.8. The average Bonchev–Trinajstić information content (AvgIpc) is 2.56. The van der Waals surface area contributed by atoms with Crippen molar-refractivity contribution in [2.24, 2.45) is 0 Å². The Kier molecular flexibility index (Phi) is 2.25. The molecule has 0 saturated heterocycles. The van der Waals surface area contributed by atoms with Crippen LogP contribution in [0.2, 0.25) is 0 Å². The van der Waals surface area contributed by atoms with Crippen molar-refractivity contribution in [3.05, 3.63) is 65.7 Å². The first-order chi connectivity index (χ1) is 10.7. The van der Waals surface area contributed by atoms with Crippen molar-refractivity contribution in [3.63, 3.8) is 0 Å². The van der Waals surface area contributed by atoms with Crippen molar-refractivity contribution in [2.45, 2.75) is 12.2 Å². The molecule has 1 unspecified atom stereocenters. The van der Waals surface area contributed by atoms with Crippen LogP contribution in [0.1, 0.15) is 17.2 Å². The lowest BCUT2D eigenvalue weighted by Gasteiger charge is -2.24. The van der Waals surface area contributed by atoms with Gasteiger partial charge in [0.25, 0.3) is 0 Å². The van der Waals surface area contributed by atoms with Gasteiger partial charge < -0.3 is 10.2 Å². The predicted octanol–water partition coefficient (Wildman–Crippen LogP) is 4.01. The summed E-state index contributed by atoms with van der Waals surface area (Å²) in [6.07, 6.45) is 1.91. The maximum atomic E-state index is 10.3. The van der Waals surface area contributed by atoms with Gasteiger partial charge in [-0.15, -0.1) is 0 Å². The number of aliphatic hydroxyl groups is 2. The van der Waals surface area contributed by atoms with Crippen LogP contribution in [-0.4, -0.2) is 16.3 Å². The van der Waals surface area contributed by atoms with Crippen LogP contribution in [0.4, 0.5) is 0 Å². The van der Waals surface area contributed by atoms with Gasteiger partial charge in [-0.25, -0.2) is 0 Å². The largest absolute Gasteiger partial charge is 0.386 e. The second kappa shape index (κ2) is 4.07. The highest BCUT2D eigenvalue weighted by Crippen LogP contribution is 2.41. The van der Waals surface area contributed by atoms with Gasteiger partial charge >= 0.3 is 0 Å². The van der Waals surface area contributed by atoms with Crippen LogP contribution in [0.25, 0.3) is 38.4 Å². The van der Waals surface area contributed by atoms with Crippen molar-refractivity contribution in [1.82, 2.24) is 0 Å². The van der Waals surface area contributed by atoms with Gasteiger partial charge in [0, 0.05) is 0 Å². The van der Waals surface area contributed by atoms with Crippen molar-refractivity contribution in [3.8, 4) is 0 Å². The van der Waals surface area contributed by atoms with Crippen LogP contribution >= 0.6 is 0 Å². The van der Waals surface area contributed by atoms with Crippen LogP contribution in [0.15, 0.2) is 54.6 Å². The van der Waals surface area contributed by atoms with Crippen molar-refractivity contribution in [2.75, 3.05) is 0 Å². The summed E-state index contributed by atoms with van der Waals surface area (Å²) in [6.45, 7) is 0. The van der Waals surface area contributed by atoms with E-state index in [0.29, 0.717) is 0 Å². The van der Waals surface area contributed by atoms with E-state index in [2.05, 4.69) is 42.5 Å². The Hall–Kier alpha value is -2.42. The van der Waals surface area contributed by atoms with E-state index in [1.807, 2.05) is 12.1 Å². The number of hydrogen-bond donors (Lipinski definition) is 2. The second-order valence-corrected chi connectivity index (χ2v) is 6.03. The Morgan fingerprint density at radius 2 is 1.50 bits per heavy atom. The smallest absolute Gasteiger partial charge is 0.109 e. The van der Waals surface area contributed by atoms with E-state index in [4.69, 9.17) is 0 Å². The molecule has 0 spiro atoms. The summed E-state index contributed by atoms with van der Waals surface area (Å²) in [5.74, 6) is 0. The van der Waals surface area contributed by atoms with Crippen LogP contribution in [-0.2, 0) is 0 Å². The molecular weight excluding hydrogens is 272 g/mol. The highest BCUT2D eigenvalue weighted by molar-refractivity contribution is 6.24. The molecule has 106 valence electrons. The SMILES string of the molecule is OC1c2cc3ccc4cccc5ccc(c2C=C[C@@H]1O)c3c45. The minimum atomic E-state index is -0.859. The summed E-state index contributed by atoms with van der Waals surface area (Å²) in [4.78, 5) is 0. The predicted molar refractivity (Wildman–Crippen MR) is 90.1 cm³/mol. The Morgan fingerprint density at radius 1 is 0.773 bits per heavy atom. The molecule has 2 atom stereocenters. The summed E-state index contributed by atoms with van der Waals surface area (Å²) in [7, 11) is 0. The molecule has 1 aliphatic carbocycles. The topological polar surface area (TPSA) is 40.5 Å². The number of aliphatic hydroxyl groups excluding tert-OH is 2. The molecule has 0 fully saturated rings. The lowest BCUT2D eigenvalue weighted by atomic mass is 9.84. The molecule has 0 amide bonds. The Bertz CT molecular complexity index is 1050. The molecule has 4 aromatic carbocycles. The molecule has 0 bridgehead atoms. The fraction of sp³-hybridized carbons (Fsp3) is 0.100. The number of benzene rings is 4. The van der Waals surface area contributed by atoms with Gasteiger partial charge in [-0.2, -0.15) is 0 Å². The molecule has 22 heavy (non-hydrogen) atoms. The van der Waals surface area contributed by atoms with Crippen LogP contribution in [0.5, 0.6) is 0 Å². The maximum Gasteiger partial charge on any atom is 0.109 e. The maximum absolute atomic E-state index is 10.3. The molecule has 5 rings (SSSR count). The van der Waals surface area contributed by atoms with Crippen molar-refractivity contribution in [1.29, 1.82) is 0 Å². The summed E-state index contributed by atoms with van der Waals surface area (Å²) in [5.41, 5.74) is 1.82. The molecule has 0 heterocycles.